The van der Waals surface area contributed by atoms with Crippen molar-refractivity contribution in [1.82, 2.24) is 9.55 Å². The van der Waals surface area contributed by atoms with Crippen LogP contribution in [-0.4, -0.2) is 21.5 Å². The van der Waals surface area contributed by atoms with Gasteiger partial charge in [-0.15, -0.1) is 0 Å². The SMILES string of the molecule is N=CC1=C(N)C(=O)C(C2c3ccccc3-c3cncn32)CC1.[HH]. The Bertz CT molecular complexity index is 824. The molecule has 5 heteroatoms. The molecule has 2 heterocycles. The van der Waals surface area contributed by atoms with Gasteiger partial charge >= 0.3 is 0 Å². The maximum absolute atomic E-state index is 12.7. The molecule has 0 saturated heterocycles. The quantitative estimate of drug-likeness (QED) is 0.835. The summed E-state index contributed by atoms with van der Waals surface area (Å²) in [6.07, 6.45) is 6.22. The molecule has 1 aromatic carbocycles. The molecule has 1 aliphatic carbocycles. The molecule has 1 aliphatic heterocycles. The van der Waals surface area contributed by atoms with E-state index in [1.807, 2.05) is 18.3 Å². The number of rotatable bonds is 2. The van der Waals surface area contributed by atoms with E-state index >= 15 is 0 Å². The van der Waals surface area contributed by atoms with E-state index in [1.165, 1.54) is 6.21 Å². The summed E-state index contributed by atoms with van der Waals surface area (Å²) < 4.78 is 2.08. The number of ketones is 1. The Balaban J connectivity index is 0.00000156. The van der Waals surface area contributed by atoms with Crippen LogP contribution in [0.25, 0.3) is 11.3 Å². The molecule has 0 amide bonds. The van der Waals surface area contributed by atoms with Crippen molar-refractivity contribution in [2.75, 3.05) is 0 Å². The Kier molecular flexibility index (Phi) is 2.76. The number of aromatic nitrogens is 2. The zero-order valence-corrected chi connectivity index (χ0v) is 12.0. The first-order valence-corrected chi connectivity index (χ1v) is 7.37. The first-order valence-electron chi connectivity index (χ1n) is 7.37. The second-order valence-electron chi connectivity index (χ2n) is 5.81. The fourth-order valence-electron chi connectivity index (χ4n) is 3.67. The fourth-order valence-corrected chi connectivity index (χ4v) is 3.67. The monoisotopic (exact) mass is 294 g/mol. The average molecular weight is 294 g/mol. The molecule has 0 bridgehead atoms. The number of carbonyl (C=O) groups is 1. The van der Waals surface area contributed by atoms with Gasteiger partial charge in [-0.1, -0.05) is 24.3 Å². The van der Waals surface area contributed by atoms with Crippen LogP contribution < -0.4 is 5.73 Å². The summed E-state index contributed by atoms with van der Waals surface area (Å²) in [6.45, 7) is 0. The van der Waals surface area contributed by atoms with E-state index < -0.39 is 0 Å². The lowest BCUT2D eigenvalue weighted by Gasteiger charge is -2.29. The third-order valence-corrected chi connectivity index (χ3v) is 4.75. The molecule has 0 spiro atoms. The number of hydrogen-bond donors (Lipinski definition) is 2. The molecule has 2 unspecified atom stereocenters. The summed E-state index contributed by atoms with van der Waals surface area (Å²) in [4.78, 5) is 16.9. The van der Waals surface area contributed by atoms with Gasteiger partial charge < -0.3 is 15.7 Å². The lowest BCUT2D eigenvalue weighted by Crippen LogP contribution is -2.33. The van der Waals surface area contributed by atoms with Gasteiger partial charge in [-0.25, -0.2) is 4.98 Å². The molecule has 3 N–H and O–H groups in total. The average Bonchev–Trinajstić information content (AvgIpc) is 3.11. The van der Waals surface area contributed by atoms with Crippen LogP contribution in [-0.2, 0) is 4.79 Å². The van der Waals surface area contributed by atoms with Crippen molar-refractivity contribution < 1.29 is 6.22 Å². The summed E-state index contributed by atoms with van der Waals surface area (Å²) in [7, 11) is 0. The first kappa shape index (κ1) is 13.0. The van der Waals surface area contributed by atoms with Gasteiger partial charge in [0.05, 0.1) is 30.0 Å². The maximum atomic E-state index is 12.7. The van der Waals surface area contributed by atoms with Gasteiger partial charge in [-0.05, 0) is 24.0 Å². The van der Waals surface area contributed by atoms with Gasteiger partial charge in [0.1, 0.15) is 0 Å². The van der Waals surface area contributed by atoms with Gasteiger partial charge in [0.15, 0.2) is 5.78 Å². The number of benzene rings is 1. The molecular formula is C17H18N4O. The highest BCUT2D eigenvalue weighted by molar-refractivity contribution is 6.03. The van der Waals surface area contributed by atoms with Crippen molar-refractivity contribution in [1.29, 1.82) is 5.41 Å². The minimum atomic E-state index is -0.194. The van der Waals surface area contributed by atoms with Crippen LogP contribution in [0.1, 0.15) is 25.9 Å². The van der Waals surface area contributed by atoms with E-state index in [2.05, 4.69) is 21.7 Å². The Morgan fingerprint density at radius 3 is 3.05 bits per heavy atom. The van der Waals surface area contributed by atoms with Gasteiger partial charge in [0.2, 0.25) is 0 Å². The lowest BCUT2D eigenvalue weighted by molar-refractivity contribution is -0.120. The van der Waals surface area contributed by atoms with Crippen molar-refractivity contribution in [3.8, 4) is 11.3 Å². The molecule has 0 fully saturated rings. The number of Topliss-reactive ketones (excluding diaryl/α,β-unsaturated/α-hetero) is 1. The van der Waals surface area contributed by atoms with Gasteiger partial charge in [-0.2, -0.15) is 0 Å². The van der Waals surface area contributed by atoms with E-state index in [0.717, 1.165) is 16.8 Å². The highest BCUT2D eigenvalue weighted by atomic mass is 16.1. The van der Waals surface area contributed by atoms with Gasteiger partial charge in [0, 0.05) is 19.1 Å². The number of nitrogens with zero attached hydrogens (tertiary/aromatic N) is 2. The fraction of sp³-hybridized carbons (Fsp3) is 0.235. The van der Waals surface area contributed by atoms with E-state index in [-0.39, 0.29) is 24.9 Å². The first-order chi connectivity index (χ1) is 10.7. The Labute approximate surface area is 129 Å². The predicted molar refractivity (Wildman–Crippen MR) is 85.6 cm³/mol. The number of carbonyl (C=O) groups excluding carboxylic acids is 1. The van der Waals surface area contributed by atoms with Crippen LogP contribution in [0.15, 0.2) is 48.1 Å². The van der Waals surface area contributed by atoms with E-state index in [4.69, 9.17) is 11.1 Å². The minimum absolute atomic E-state index is 0. The summed E-state index contributed by atoms with van der Waals surface area (Å²) in [6, 6.07) is 8.10. The summed E-state index contributed by atoms with van der Waals surface area (Å²) in [5, 5.41) is 7.37. The largest absolute Gasteiger partial charge is 0.396 e. The summed E-state index contributed by atoms with van der Waals surface area (Å²) in [5.41, 5.74) is 10.2. The van der Waals surface area contributed by atoms with Crippen LogP contribution in [0.2, 0.25) is 0 Å². The summed E-state index contributed by atoms with van der Waals surface area (Å²) in [5.74, 6) is -0.244. The van der Waals surface area contributed by atoms with E-state index in [1.54, 1.807) is 6.33 Å². The maximum Gasteiger partial charge on any atom is 0.184 e. The lowest BCUT2D eigenvalue weighted by atomic mass is 9.79. The molecule has 112 valence electrons. The highest BCUT2D eigenvalue weighted by Gasteiger charge is 2.40. The van der Waals surface area contributed by atoms with E-state index in [9.17, 15) is 4.79 Å². The number of hydrogen-bond acceptors (Lipinski definition) is 4. The topological polar surface area (TPSA) is 84.8 Å². The van der Waals surface area contributed by atoms with Crippen LogP contribution >= 0.6 is 0 Å². The van der Waals surface area contributed by atoms with Gasteiger partial charge in [0.25, 0.3) is 0 Å². The van der Waals surface area contributed by atoms with Crippen molar-refractivity contribution in [3.63, 3.8) is 0 Å². The number of fused-ring (bicyclic) bond motifs is 3. The number of imidazole rings is 1. The molecular weight excluding hydrogens is 276 g/mol. The zero-order chi connectivity index (χ0) is 15.3. The van der Waals surface area contributed by atoms with E-state index in [0.29, 0.717) is 18.4 Å². The molecule has 22 heavy (non-hydrogen) atoms. The van der Waals surface area contributed by atoms with Crippen molar-refractivity contribution >= 4 is 12.0 Å². The smallest absolute Gasteiger partial charge is 0.184 e. The number of nitrogens with two attached hydrogens (primary N) is 1. The third-order valence-electron chi connectivity index (χ3n) is 4.75. The van der Waals surface area contributed by atoms with Crippen LogP contribution in [0.3, 0.4) is 0 Å². The molecule has 4 rings (SSSR count). The van der Waals surface area contributed by atoms with Crippen molar-refractivity contribution in [3.05, 3.63) is 53.6 Å². The molecule has 2 aliphatic rings. The third kappa shape index (κ3) is 1.62. The number of nitrogens with one attached hydrogen (secondary N) is 1. The van der Waals surface area contributed by atoms with Crippen LogP contribution in [0.5, 0.6) is 0 Å². The predicted octanol–water partition coefficient (Wildman–Crippen LogP) is 2.54. The Hall–Kier alpha value is -2.69. The second kappa shape index (κ2) is 4.66. The van der Waals surface area contributed by atoms with Crippen molar-refractivity contribution in [2.45, 2.75) is 18.9 Å². The molecule has 2 atom stereocenters. The molecule has 1 aromatic heterocycles. The Morgan fingerprint density at radius 1 is 1.41 bits per heavy atom. The van der Waals surface area contributed by atoms with Crippen molar-refractivity contribution in [2.24, 2.45) is 11.7 Å². The minimum Gasteiger partial charge on any atom is -0.396 e. The summed E-state index contributed by atoms with van der Waals surface area (Å²) >= 11 is 0. The molecule has 0 saturated carbocycles. The van der Waals surface area contributed by atoms with Crippen LogP contribution in [0.4, 0.5) is 0 Å². The Morgan fingerprint density at radius 2 is 2.23 bits per heavy atom. The van der Waals surface area contributed by atoms with Gasteiger partial charge in [-0.3, -0.25) is 4.79 Å². The normalized spacial score (nSPS) is 23.4. The molecule has 2 aromatic rings. The molecule has 5 nitrogen and oxygen atoms in total. The zero-order valence-electron chi connectivity index (χ0n) is 12.0. The number of allylic oxidation sites excluding steroid dienone is 2. The highest BCUT2D eigenvalue weighted by Crippen LogP contribution is 2.45. The van der Waals surface area contributed by atoms with Crippen LogP contribution in [0, 0.1) is 11.3 Å². The molecule has 0 radical (unpaired) electrons. The standard InChI is InChI=1S/C17H16N4O.H2/c18-7-10-5-6-13(17(22)15(10)19)16-12-4-2-1-3-11(12)14-8-20-9-21(14)16;/h1-4,7-9,13,16,18H,5-6,19H2;1H. The second-order valence-corrected chi connectivity index (χ2v) is 5.81.